The second-order valence-corrected chi connectivity index (χ2v) is 8.73. The van der Waals surface area contributed by atoms with E-state index in [2.05, 4.69) is 10.6 Å². The van der Waals surface area contributed by atoms with Crippen molar-refractivity contribution in [3.63, 3.8) is 0 Å². The average Bonchev–Trinajstić information content (AvgIpc) is 2.28. The zero-order valence-electron chi connectivity index (χ0n) is 11.4. The third-order valence-electron chi connectivity index (χ3n) is 2.34. The largest absolute Gasteiger partial charge is 0.492 e. The normalized spacial score (nSPS) is 12.1. The highest BCUT2D eigenvalue weighted by atomic mass is 28.4. The lowest BCUT2D eigenvalue weighted by atomic mass is 10.3. The monoisotopic (exact) mass is 342 g/mol. The predicted octanol–water partition coefficient (Wildman–Crippen LogP) is -3.78. The van der Waals surface area contributed by atoms with Crippen LogP contribution in [0.1, 0.15) is 19.3 Å². The Bertz CT molecular complexity index is 310. The molecule has 0 saturated carbocycles. The summed E-state index contributed by atoms with van der Waals surface area (Å²) in [5, 5.41) is 4.75. The lowest BCUT2D eigenvalue weighted by Crippen LogP contribution is -2.37. The third-order valence-corrected chi connectivity index (χ3v) is 4.39. The van der Waals surface area contributed by atoms with Crippen molar-refractivity contribution in [2.24, 2.45) is 0 Å². The van der Waals surface area contributed by atoms with Gasteiger partial charge < -0.3 is 39.4 Å². The second-order valence-electron chi connectivity index (χ2n) is 4.63. The van der Waals surface area contributed by atoms with E-state index in [4.69, 9.17) is 28.8 Å². The van der Waals surface area contributed by atoms with Gasteiger partial charge in [0.1, 0.15) is 6.42 Å². The van der Waals surface area contributed by atoms with Crippen LogP contribution in [-0.2, 0) is 9.59 Å². The first-order chi connectivity index (χ1) is 9.49. The van der Waals surface area contributed by atoms with Crippen LogP contribution >= 0.6 is 0 Å². The number of hydrogen-bond acceptors (Lipinski definition) is 8. The third kappa shape index (κ3) is 15.3. The van der Waals surface area contributed by atoms with Gasteiger partial charge in [0, 0.05) is 25.2 Å². The maximum absolute atomic E-state index is 11.3. The molecule has 0 aliphatic carbocycles. The molecule has 12 heteroatoms. The lowest BCUT2D eigenvalue weighted by molar-refractivity contribution is -0.129. The number of carbonyl (C=O) groups is 2. The Kier molecular flexibility index (Phi) is 8.83. The Morgan fingerprint density at radius 2 is 1.05 bits per heavy atom. The topological polar surface area (TPSA) is 180 Å². The molecule has 0 fully saturated rings. The first kappa shape index (κ1) is 20.1. The van der Waals surface area contributed by atoms with Crippen LogP contribution in [0.5, 0.6) is 0 Å². The van der Waals surface area contributed by atoms with Crippen LogP contribution in [0.25, 0.3) is 0 Å². The number of rotatable bonds is 10. The Hall–Kier alpha value is -0.866. The molecule has 0 saturated heterocycles. The molecule has 0 aliphatic heterocycles. The molecule has 0 rings (SSSR count). The number of amides is 2. The first-order valence-electron chi connectivity index (χ1n) is 6.37. The molecule has 2 amide bonds. The van der Waals surface area contributed by atoms with Crippen LogP contribution in [0.15, 0.2) is 0 Å². The summed E-state index contributed by atoms with van der Waals surface area (Å²) in [5.41, 5.74) is 0. The van der Waals surface area contributed by atoms with E-state index in [0.29, 0.717) is 0 Å². The molecule has 0 unspecified atom stereocenters. The fraction of sp³-hybridized carbons (Fsp3) is 0.778. The summed E-state index contributed by atoms with van der Waals surface area (Å²) >= 11 is 0. The van der Waals surface area contributed by atoms with Crippen LogP contribution in [0, 0.1) is 0 Å². The Labute approximate surface area is 123 Å². The summed E-state index contributed by atoms with van der Waals surface area (Å²) in [5.74, 6) is -1.10. The number of hydrogen-bond donors (Lipinski definition) is 8. The lowest BCUT2D eigenvalue weighted by Gasteiger charge is -2.10. The molecular weight excluding hydrogens is 320 g/mol. The average molecular weight is 342 g/mol. The van der Waals surface area contributed by atoms with Crippen molar-refractivity contribution in [2.45, 2.75) is 31.4 Å². The number of nitrogens with one attached hydrogen (secondary N) is 2. The fourth-order valence-corrected chi connectivity index (χ4v) is 2.68. The molecule has 0 aromatic carbocycles. The zero-order chi connectivity index (χ0) is 16.5. The van der Waals surface area contributed by atoms with Crippen molar-refractivity contribution in [3.8, 4) is 0 Å². The van der Waals surface area contributed by atoms with Crippen LogP contribution in [0.2, 0.25) is 12.1 Å². The summed E-state index contributed by atoms with van der Waals surface area (Å²) in [6.07, 6.45) is -0.0571. The molecule has 124 valence electrons. The van der Waals surface area contributed by atoms with Crippen molar-refractivity contribution in [2.75, 3.05) is 13.1 Å². The summed E-state index contributed by atoms with van der Waals surface area (Å²) in [6.45, 7) is 0.215. The summed E-state index contributed by atoms with van der Waals surface area (Å²) < 4.78 is 0. The van der Waals surface area contributed by atoms with Crippen molar-refractivity contribution in [1.82, 2.24) is 10.6 Å². The van der Waals surface area contributed by atoms with Crippen LogP contribution in [-0.4, -0.2) is 71.3 Å². The highest BCUT2D eigenvalue weighted by Crippen LogP contribution is 2.00. The molecule has 10 nitrogen and oxygen atoms in total. The maximum Gasteiger partial charge on any atom is 0.492 e. The standard InChI is InChI=1S/C9H22N2O8Si2/c12-8(10-3-1-5-20(14,15)16)7-9(13)11-4-2-6-21(17,18)19/h14-19H,1-7H2,(H,10,12)(H,11,13). The summed E-state index contributed by atoms with van der Waals surface area (Å²) in [4.78, 5) is 75.0. The SMILES string of the molecule is O=C(CC(=O)NCCC[Si](O)(O)O)NCCC[Si](O)(O)O. The molecule has 21 heavy (non-hydrogen) atoms. The Morgan fingerprint density at radius 1 is 0.714 bits per heavy atom. The van der Waals surface area contributed by atoms with Gasteiger partial charge in [-0.05, 0) is 12.8 Å². The Balaban J connectivity index is 3.64. The van der Waals surface area contributed by atoms with Crippen molar-refractivity contribution < 1.29 is 38.4 Å². The van der Waals surface area contributed by atoms with Gasteiger partial charge in [0.05, 0.1) is 0 Å². The van der Waals surface area contributed by atoms with Crippen molar-refractivity contribution in [1.29, 1.82) is 0 Å². The van der Waals surface area contributed by atoms with Crippen molar-refractivity contribution in [3.05, 3.63) is 0 Å². The minimum atomic E-state index is -4.09. The molecule has 0 spiro atoms. The van der Waals surface area contributed by atoms with Gasteiger partial charge in [0.2, 0.25) is 11.8 Å². The summed E-state index contributed by atoms with van der Waals surface area (Å²) in [6, 6.07) is -0.400. The quantitative estimate of drug-likeness (QED) is 0.113. The van der Waals surface area contributed by atoms with Gasteiger partial charge in [0.25, 0.3) is 0 Å². The molecule has 0 bridgehead atoms. The van der Waals surface area contributed by atoms with Gasteiger partial charge in [-0.1, -0.05) is 0 Å². The van der Waals surface area contributed by atoms with E-state index < -0.39 is 35.8 Å². The van der Waals surface area contributed by atoms with Gasteiger partial charge in [-0.3, -0.25) is 9.59 Å². The Morgan fingerprint density at radius 3 is 1.33 bits per heavy atom. The number of carbonyl (C=O) groups excluding carboxylic acids is 2. The van der Waals surface area contributed by atoms with E-state index in [0.717, 1.165) is 0 Å². The molecule has 0 atom stereocenters. The van der Waals surface area contributed by atoms with E-state index in [1.165, 1.54) is 0 Å². The minimum absolute atomic E-state index is 0.107. The van der Waals surface area contributed by atoms with Crippen LogP contribution < -0.4 is 10.6 Å². The smallest absolute Gasteiger partial charge is 0.390 e. The minimum Gasteiger partial charge on any atom is -0.390 e. The van der Waals surface area contributed by atoms with E-state index >= 15 is 0 Å². The second kappa shape index (κ2) is 9.21. The van der Waals surface area contributed by atoms with Crippen LogP contribution in [0.3, 0.4) is 0 Å². The van der Waals surface area contributed by atoms with E-state index in [1.54, 1.807) is 0 Å². The highest BCUT2D eigenvalue weighted by molar-refractivity contribution is 6.56. The first-order valence-corrected chi connectivity index (χ1v) is 10.5. The molecular formula is C9H22N2O8Si2. The molecule has 0 heterocycles. The van der Waals surface area contributed by atoms with Crippen LogP contribution in [0.4, 0.5) is 0 Å². The van der Waals surface area contributed by atoms with E-state index in [-0.39, 0.29) is 38.0 Å². The van der Waals surface area contributed by atoms with Gasteiger partial charge >= 0.3 is 17.6 Å². The van der Waals surface area contributed by atoms with E-state index in [1.807, 2.05) is 0 Å². The molecule has 0 aromatic rings. The molecule has 8 N–H and O–H groups in total. The van der Waals surface area contributed by atoms with Gasteiger partial charge in [-0.25, -0.2) is 0 Å². The fourth-order valence-electron chi connectivity index (χ4n) is 1.38. The predicted molar refractivity (Wildman–Crippen MR) is 74.3 cm³/mol. The molecule has 0 aliphatic rings. The maximum atomic E-state index is 11.3. The van der Waals surface area contributed by atoms with Crippen molar-refractivity contribution >= 4 is 29.4 Å². The zero-order valence-corrected chi connectivity index (χ0v) is 13.4. The molecule has 0 aromatic heterocycles. The highest BCUT2D eigenvalue weighted by Gasteiger charge is 2.26. The van der Waals surface area contributed by atoms with E-state index in [9.17, 15) is 9.59 Å². The molecule has 0 radical (unpaired) electrons. The van der Waals surface area contributed by atoms with Gasteiger partial charge in [-0.2, -0.15) is 0 Å². The van der Waals surface area contributed by atoms with Gasteiger partial charge in [0.15, 0.2) is 0 Å². The summed E-state index contributed by atoms with van der Waals surface area (Å²) in [7, 11) is -8.17. The van der Waals surface area contributed by atoms with Gasteiger partial charge in [-0.15, -0.1) is 0 Å².